The first kappa shape index (κ1) is 15.5. The van der Waals surface area contributed by atoms with E-state index in [1.807, 2.05) is 0 Å². The van der Waals surface area contributed by atoms with Crippen LogP contribution >= 0.6 is 23.2 Å². The van der Waals surface area contributed by atoms with Gasteiger partial charge in [-0.25, -0.2) is 0 Å². The zero-order valence-electron chi connectivity index (χ0n) is 10.9. The molecule has 0 saturated heterocycles. The second-order valence-electron chi connectivity index (χ2n) is 4.14. The summed E-state index contributed by atoms with van der Waals surface area (Å²) in [6.45, 7) is 0.124. The Morgan fingerprint density at radius 3 is 2.33 bits per heavy atom. The van der Waals surface area contributed by atoms with E-state index in [0.717, 1.165) is 0 Å². The average Bonchev–Trinajstić information content (AvgIpc) is 2.43. The first-order chi connectivity index (χ1) is 10.0. The Morgan fingerprint density at radius 2 is 1.71 bits per heavy atom. The number of carbonyl (C=O) groups is 1. The van der Waals surface area contributed by atoms with Gasteiger partial charge in [0.2, 0.25) is 0 Å². The lowest BCUT2D eigenvalue weighted by Gasteiger charge is -2.09. The van der Waals surface area contributed by atoms with Crippen LogP contribution in [0, 0.1) is 0 Å². The van der Waals surface area contributed by atoms with Crippen LogP contribution in [0.5, 0.6) is 17.2 Å². The number of hydrogen-bond donors (Lipinski definition) is 1. The Labute approximate surface area is 131 Å². The molecular formula is C15H12Cl2O4. The Bertz CT molecular complexity index is 626. The molecule has 0 bridgehead atoms. The summed E-state index contributed by atoms with van der Waals surface area (Å²) in [5.41, 5.74) is 0. The van der Waals surface area contributed by atoms with Gasteiger partial charge in [-0.1, -0.05) is 23.2 Å². The molecular weight excluding hydrogens is 315 g/mol. The highest BCUT2D eigenvalue weighted by molar-refractivity contribution is 6.35. The van der Waals surface area contributed by atoms with Crippen molar-refractivity contribution in [2.24, 2.45) is 0 Å². The van der Waals surface area contributed by atoms with Gasteiger partial charge in [0.1, 0.15) is 17.2 Å². The molecule has 0 saturated carbocycles. The number of benzene rings is 2. The van der Waals surface area contributed by atoms with Crippen molar-refractivity contribution < 1.29 is 19.4 Å². The molecule has 2 aromatic carbocycles. The van der Waals surface area contributed by atoms with E-state index in [1.54, 1.807) is 42.5 Å². The smallest absolute Gasteiger partial charge is 0.306 e. The summed E-state index contributed by atoms with van der Waals surface area (Å²) in [6.07, 6.45) is -0.0430. The van der Waals surface area contributed by atoms with Gasteiger partial charge < -0.3 is 14.6 Å². The van der Waals surface area contributed by atoms with Crippen LogP contribution in [-0.2, 0) is 4.79 Å². The van der Waals surface area contributed by atoms with Gasteiger partial charge in [-0.2, -0.15) is 0 Å². The fraction of sp³-hybridized carbons (Fsp3) is 0.133. The van der Waals surface area contributed by atoms with Gasteiger partial charge in [-0.3, -0.25) is 4.79 Å². The number of carboxylic acids is 1. The topological polar surface area (TPSA) is 55.8 Å². The van der Waals surface area contributed by atoms with Crippen molar-refractivity contribution in [3.05, 3.63) is 52.5 Å². The summed E-state index contributed by atoms with van der Waals surface area (Å²) < 4.78 is 10.9. The minimum absolute atomic E-state index is 0.0430. The predicted octanol–water partition coefficient (Wildman–Crippen LogP) is 4.64. The number of hydrogen-bond acceptors (Lipinski definition) is 3. The van der Waals surface area contributed by atoms with Crippen LogP contribution in [-0.4, -0.2) is 17.7 Å². The molecule has 2 rings (SSSR count). The van der Waals surface area contributed by atoms with Crippen molar-refractivity contribution >= 4 is 29.2 Å². The molecule has 0 aromatic heterocycles. The largest absolute Gasteiger partial charge is 0.493 e. The highest BCUT2D eigenvalue weighted by Gasteiger charge is 2.04. The number of halogens is 2. The molecule has 110 valence electrons. The Hall–Kier alpha value is -1.91. The number of aliphatic carboxylic acids is 1. The number of carboxylic acid groups (broad SMARTS) is 1. The van der Waals surface area contributed by atoms with E-state index in [0.29, 0.717) is 27.3 Å². The van der Waals surface area contributed by atoms with Crippen LogP contribution in [0.25, 0.3) is 0 Å². The second-order valence-corrected chi connectivity index (χ2v) is 4.98. The van der Waals surface area contributed by atoms with Crippen molar-refractivity contribution in [3.63, 3.8) is 0 Å². The maximum Gasteiger partial charge on any atom is 0.306 e. The third kappa shape index (κ3) is 4.85. The Morgan fingerprint density at radius 1 is 1.05 bits per heavy atom. The van der Waals surface area contributed by atoms with Gasteiger partial charge in [0.25, 0.3) is 0 Å². The molecule has 0 heterocycles. The summed E-state index contributed by atoms with van der Waals surface area (Å²) in [6, 6.07) is 11.8. The monoisotopic (exact) mass is 326 g/mol. The van der Waals surface area contributed by atoms with E-state index in [2.05, 4.69) is 0 Å². The molecule has 0 fully saturated rings. The molecule has 0 unspecified atom stereocenters. The fourth-order valence-corrected chi connectivity index (χ4v) is 1.99. The highest BCUT2D eigenvalue weighted by Crippen LogP contribution is 2.32. The highest BCUT2D eigenvalue weighted by atomic mass is 35.5. The lowest BCUT2D eigenvalue weighted by molar-refractivity contribution is -0.137. The Kier molecular flexibility index (Phi) is 5.31. The summed E-state index contributed by atoms with van der Waals surface area (Å²) in [5, 5.41) is 9.48. The lowest BCUT2D eigenvalue weighted by Crippen LogP contribution is -2.04. The van der Waals surface area contributed by atoms with E-state index in [-0.39, 0.29) is 13.0 Å². The maximum absolute atomic E-state index is 10.4. The molecule has 4 nitrogen and oxygen atoms in total. The number of rotatable bonds is 6. The zero-order chi connectivity index (χ0) is 15.2. The normalized spacial score (nSPS) is 10.2. The van der Waals surface area contributed by atoms with Crippen LogP contribution < -0.4 is 9.47 Å². The van der Waals surface area contributed by atoms with Crippen molar-refractivity contribution in [2.75, 3.05) is 6.61 Å². The standard InChI is InChI=1S/C15H12Cl2O4/c16-10-1-6-14(13(17)9-10)21-12-4-2-11(3-5-12)20-8-7-15(18)19/h1-6,9H,7-8H2,(H,18,19). The minimum atomic E-state index is -0.896. The SMILES string of the molecule is O=C(O)CCOc1ccc(Oc2ccc(Cl)cc2Cl)cc1. The fourth-order valence-electron chi connectivity index (χ4n) is 1.55. The van der Waals surface area contributed by atoms with Crippen molar-refractivity contribution in [3.8, 4) is 17.2 Å². The second kappa shape index (κ2) is 7.20. The predicted molar refractivity (Wildman–Crippen MR) is 80.7 cm³/mol. The third-order valence-corrected chi connectivity index (χ3v) is 3.06. The van der Waals surface area contributed by atoms with Crippen LogP contribution in [0.15, 0.2) is 42.5 Å². The average molecular weight is 327 g/mol. The molecule has 0 radical (unpaired) electrons. The van der Waals surface area contributed by atoms with Crippen LogP contribution in [0.4, 0.5) is 0 Å². The summed E-state index contributed by atoms with van der Waals surface area (Å²) >= 11 is 11.8. The quantitative estimate of drug-likeness (QED) is 0.840. The molecule has 0 amide bonds. The van der Waals surface area contributed by atoms with Gasteiger partial charge in [-0.15, -0.1) is 0 Å². The summed E-state index contributed by atoms with van der Waals surface area (Å²) in [4.78, 5) is 10.4. The molecule has 2 aromatic rings. The van der Waals surface area contributed by atoms with Crippen LogP contribution in [0.2, 0.25) is 10.0 Å². The molecule has 0 aliphatic heterocycles. The molecule has 6 heteroatoms. The molecule has 1 N–H and O–H groups in total. The maximum atomic E-state index is 10.4. The number of ether oxygens (including phenoxy) is 2. The zero-order valence-corrected chi connectivity index (χ0v) is 12.4. The van der Waals surface area contributed by atoms with Gasteiger partial charge in [0, 0.05) is 5.02 Å². The Balaban J connectivity index is 1.97. The van der Waals surface area contributed by atoms with E-state index in [4.69, 9.17) is 37.8 Å². The van der Waals surface area contributed by atoms with Crippen LogP contribution in [0.3, 0.4) is 0 Å². The lowest BCUT2D eigenvalue weighted by atomic mass is 10.3. The third-order valence-electron chi connectivity index (χ3n) is 2.53. The van der Waals surface area contributed by atoms with Gasteiger partial charge in [0.15, 0.2) is 0 Å². The van der Waals surface area contributed by atoms with E-state index in [1.165, 1.54) is 0 Å². The molecule has 21 heavy (non-hydrogen) atoms. The van der Waals surface area contributed by atoms with Crippen molar-refractivity contribution in [1.29, 1.82) is 0 Å². The van der Waals surface area contributed by atoms with Gasteiger partial charge >= 0.3 is 5.97 Å². The van der Waals surface area contributed by atoms with E-state index in [9.17, 15) is 4.79 Å². The first-order valence-electron chi connectivity index (χ1n) is 6.12. The first-order valence-corrected chi connectivity index (χ1v) is 6.88. The molecule has 0 spiro atoms. The minimum Gasteiger partial charge on any atom is -0.493 e. The van der Waals surface area contributed by atoms with Crippen molar-refractivity contribution in [2.45, 2.75) is 6.42 Å². The van der Waals surface area contributed by atoms with Gasteiger partial charge in [-0.05, 0) is 42.5 Å². The van der Waals surface area contributed by atoms with E-state index >= 15 is 0 Å². The summed E-state index contributed by atoms with van der Waals surface area (Å²) in [5.74, 6) is 0.767. The van der Waals surface area contributed by atoms with Crippen LogP contribution in [0.1, 0.15) is 6.42 Å². The van der Waals surface area contributed by atoms with Gasteiger partial charge in [0.05, 0.1) is 18.1 Å². The van der Waals surface area contributed by atoms with E-state index < -0.39 is 5.97 Å². The summed E-state index contributed by atoms with van der Waals surface area (Å²) in [7, 11) is 0. The molecule has 0 aliphatic carbocycles. The molecule has 0 atom stereocenters. The molecule has 0 aliphatic rings. The van der Waals surface area contributed by atoms with Crippen molar-refractivity contribution in [1.82, 2.24) is 0 Å².